The molecule has 0 aliphatic carbocycles. The van der Waals surface area contributed by atoms with Gasteiger partial charge in [-0.25, -0.2) is 9.97 Å². The number of aromatic nitrogens is 2. The lowest BCUT2D eigenvalue weighted by Gasteiger charge is -2.13. The van der Waals surface area contributed by atoms with Crippen LogP contribution in [0.1, 0.15) is 6.42 Å². The van der Waals surface area contributed by atoms with Crippen LogP contribution in [0.5, 0.6) is 5.75 Å². The maximum absolute atomic E-state index is 11.8. The Labute approximate surface area is 145 Å². The van der Waals surface area contributed by atoms with E-state index >= 15 is 0 Å². The predicted octanol–water partition coefficient (Wildman–Crippen LogP) is 1.03. The first-order valence-electron chi connectivity index (χ1n) is 7.76. The number of rotatable bonds is 10. The fourth-order valence-corrected chi connectivity index (χ4v) is 1.89. The highest BCUT2D eigenvalue weighted by Gasteiger charge is 2.09. The largest absolute Gasteiger partial charge is 0.484 e. The van der Waals surface area contributed by atoms with Crippen molar-refractivity contribution in [2.24, 2.45) is 0 Å². The molecule has 2 rings (SSSR count). The Bertz CT molecular complexity index is 668. The van der Waals surface area contributed by atoms with E-state index in [9.17, 15) is 4.79 Å². The van der Waals surface area contributed by atoms with E-state index in [1.54, 1.807) is 19.2 Å². The average Bonchev–Trinajstić information content (AvgIpc) is 2.64. The van der Waals surface area contributed by atoms with Crippen LogP contribution in [0.25, 0.3) is 0 Å². The minimum atomic E-state index is -0.364. The third-order valence-corrected chi connectivity index (χ3v) is 3.14. The van der Waals surface area contributed by atoms with Crippen molar-refractivity contribution in [1.29, 1.82) is 0 Å². The van der Waals surface area contributed by atoms with E-state index in [1.807, 2.05) is 18.2 Å². The quantitative estimate of drug-likeness (QED) is 0.371. The van der Waals surface area contributed by atoms with Crippen molar-refractivity contribution >= 4 is 23.2 Å². The molecule has 1 amide bonds. The molecule has 25 heavy (non-hydrogen) atoms. The number of nitrogens with two attached hydrogens (primary N) is 1. The van der Waals surface area contributed by atoms with Crippen LogP contribution >= 0.6 is 0 Å². The Morgan fingerprint density at radius 3 is 2.72 bits per heavy atom. The summed E-state index contributed by atoms with van der Waals surface area (Å²) in [5.74, 6) is 1.04. The molecular formula is C16H22N6O3. The van der Waals surface area contributed by atoms with Gasteiger partial charge in [0.1, 0.15) is 17.8 Å². The molecule has 1 aromatic heterocycles. The molecule has 0 unspecified atom stereocenters. The van der Waals surface area contributed by atoms with Gasteiger partial charge in [-0.3, -0.25) is 15.6 Å². The number of hydrogen-bond acceptors (Lipinski definition) is 8. The smallest absolute Gasteiger partial charge is 0.276 e. The standard InChI is InChI=1S/C16H22N6O3/c1-24-9-5-8-18-15-14(17)16(20-11-19-15)22-21-13(23)10-25-12-6-3-2-4-7-12/h2-4,6-7,11H,5,8-10,17H2,1H3,(H,21,23)(H2,18,19,20,22). The van der Waals surface area contributed by atoms with Crippen LogP contribution in [0.2, 0.25) is 0 Å². The zero-order valence-corrected chi connectivity index (χ0v) is 14.0. The molecule has 9 heteroatoms. The summed E-state index contributed by atoms with van der Waals surface area (Å²) < 4.78 is 10.3. The van der Waals surface area contributed by atoms with Gasteiger partial charge in [0.05, 0.1) is 0 Å². The van der Waals surface area contributed by atoms with Crippen molar-refractivity contribution < 1.29 is 14.3 Å². The predicted molar refractivity (Wildman–Crippen MR) is 95.1 cm³/mol. The Balaban J connectivity index is 1.80. The minimum Gasteiger partial charge on any atom is -0.484 e. The highest BCUT2D eigenvalue weighted by atomic mass is 16.5. The van der Waals surface area contributed by atoms with E-state index in [4.69, 9.17) is 15.2 Å². The molecule has 9 nitrogen and oxygen atoms in total. The van der Waals surface area contributed by atoms with Crippen molar-refractivity contribution in [2.75, 3.05) is 43.3 Å². The lowest BCUT2D eigenvalue weighted by molar-refractivity contribution is -0.122. The van der Waals surface area contributed by atoms with Gasteiger partial charge in [-0.15, -0.1) is 0 Å². The zero-order valence-electron chi connectivity index (χ0n) is 14.0. The summed E-state index contributed by atoms with van der Waals surface area (Å²) in [6, 6.07) is 9.06. The Morgan fingerprint density at radius 2 is 1.96 bits per heavy atom. The fraction of sp³-hybridized carbons (Fsp3) is 0.312. The van der Waals surface area contributed by atoms with Crippen LogP contribution in [-0.4, -0.2) is 42.7 Å². The van der Waals surface area contributed by atoms with Crippen molar-refractivity contribution in [3.8, 4) is 5.75 Å². The summed E-state index contributed by atoms with van der Waals surface area (Å²) in [5.41, 5.74) is 11.4. The average molecular weight is 346 g/mol. The molecule has 1 heterocycles. The maximum Gasteiger partial charge on any atom is 0.276 e. The van der Waals surface area contributed by atoms with Crippen molar-refractivity contribution in [3.05, 3.63) is 36.7 Å². The van der Waals surface area contributed by atoms with Crippen LogP contribution < -0.4 is 26.6 Å². The van der Waals surface area contributed by atoms with E-state index in [0.29, 0.717) is 36.2 Å². The number of nitrogens with zero attached hydrogens (tertiary/aromatic N) is 2. The molecule has 134 valence electrons. The second-order valence-electron chi connectivity index (χ2n) is 5.03. The molecule has 0 aliphatic rings. The summed E-state index contributed by atoms with van der Waals surface area (Å²) >= 11 is 0. The Hall–Kier alpha value is -3.07. The van der Waals surface area contributed by atoms with Gasteiger partial charge in [0.2, 0.25) is 0 Å². The second-order valence-corrected chi connectivity index (χ2v) is 5.03. The lowest BCUT2D eigenvalue weighted by Crippen LogP contribution is -2.34. The number of carbonyl (C=O) groups is 1. The first kappa shape index (κ1) is 18.3. The van der Waals surface area contributed by atoms with E-state index in [0.717, 1.165) is 6.42 Å². The number of nitrogen functional groups attached to an aromatic ring is 1. The number of para-hydroxylation sites is 1. The molecule has 2 aromatic rings. The van der Waals surface area contributed by atoms with Gasteiger partial charge in [-0.1, -0.05) is 18.2 Å². The molecule has 0 saturated carbocycles. The third-order valence-electron chi connectivity index (χ3n) is 3.14. The number of anilines is 3. The van der Waals surface area contributed by atoms with Gasteiger partial charge >= 0.3 is 0 Å². The number of nitrogens with one attached hydrogen (secondary N) is 3. The molecule has 0 aliphatic heterocycles. The summed E-state index contributed by atoms with van der Waals surface area (Å²) in [6.45, 7) is 1.16. The first-order chi connectivity index (χ1) is 12.2. The van der Waals surface area contributed by atoms with Gasteiger partial charge in [-0.05, 0) is 18.6 Å². The van der Waals surface area contributed by atoms with Crippen LogP contribution in [0.4, 0.5) is 17.3 Å². The zero-order chi connectivity index (χ0) is 17.9. The number of amides is 1. The molecular weight excluding hydrogens is 324 g/mol. The first-order valence-corrected chi connectivity index (χ1v) is 7.76. The molecule has 1 aromatic carbocycles. The van der Waals surface area contributed by atoms with Gasteiger partial charge in [0.15, 0.2) is 18.2 Å². The molecule has 0 saturated heterocycles. The number of hydrazine groups is 1. The normalized spacial score (nSPS) is 10.1. The highest BCUT2D eigenvalue weighted by molar-refractivity contribution is 5.81. The number of benzene rings is 1. The van der Waals surface area contributed by atoms with E-state index in [-0.39, 0.29) is 12.5 Å². The van der Waals surface area contributed by atoms with Gasteiger partial charge in [0.25, 0.3) is 5.91 Å². The maximum atomic E-state index is 11.8. The summed E-state index contributed by atoms with van der Waals surface area (Å²) in [6.07, 6.45) is 2.17. The molecule has 0 bridgehead atoms. The van der Waals surface area contributed by atoms with Gasteiger partial charge in [-0.2, -0.15) is 0 Å². The molecule has 0 radical (unpaired) electrons. The van der Waals surface area contributed by atoms with Crippen LogP contribution in [-0.2, 0) is 9.53 Å². The molecule has 0 spiro atoms. The SMILES string of the molecule is COCCCNc1ncnc(NNC(=O)COc2ccccc2)c1N. The van der Waals surface area contributed by atoms with Crippen molar-refractivity contribution in [3.63, 3.8) is 0 Å². The van der Waals surface area contributed by atoms with Crippen LogP contribution in [0.3, 0.4) is 0 Å². The van der Waals surface area contributed by atoms with E-state index in [2.05, 4.69) is 26.1 Å². The van der Waals surface area contributed by atoms with Crippen LogP contribution in [0.15, 0.2) is 36.7 Å². The Kier molecular flexibility index (Phi) is 7.26. The molecule has 0 fully saturated rings. The molecule has 5 N–H and O–H groups in total. The van der Waals surface area contributed by atoms with Crippen LogP contribution in [0, 0.1) is 0 Å². The fourth-order valence-electron chi connectivity index (χ4n) is 1.89. The van der Waals surface area contributed by atoms with Gasteiger partial charge in [0, 0.05) is 20.3 Å². The summed E-state index contributed by atoms with van der Waals surface area (Å²) in [7, 11) is 1.64. The van der Waals surface area contributed by atoms with E-state index in [1.165, 1.54) is 6.33 Å². The second kappa shape index (κ2) is 9.93. The lowest BCUT2D eigenvalue weighted by atomic mass is 10.3. The van der Waals surface area contributed by atoms with Crippen molar-refractivity contribution in [1.82, 2.24) is 15.4 Å². The number of carbonyl (C=O) groups excluding carboxylic acids is 1. The summed E-state index contributed by atoms with van der Waals surface area (Å²) in [4.78, 5) is 19.9. The highest BCUT2D eigenvalue weighted by Crippen LogP contribution is 2.21. The molecule has 0 atom stereocenters. The Morgan fingerprint density at radius 1 is 1.20 bits per heavy atom. The topological polar surface area (TPSA) is 123 Å². The number of hydrogen-bond donors (Lipinski definition) is 4. The van der Waals surface area contributed by atoms with Crippen molar-refractivity contribution in [2.45, 2.75) is 6.42 Å². The number of ether oxygens (including phenoxy) is 2. The third kappa shape index (κ3) is 6.15. The minimum absolute atomic E-state index is 0.135. The monoisotopic (exact) mass is 346 g/mol. The van der Waals surface area contributed by atoms with Gasteiger partial charge < -0.3 is 20.5 Å². The van der Waals surface area contributed by atoms with E-state index < -0.39 is 0 Å². The summed E-state index contributed by atoms with van der Waals surface area (Å²) in [5, 5.41) is 3.09. The number of methoxy groups -OCH3 is 1.